The number of H-pyrrole nitrogens is 1. The average molecular weight is 313 g/mol. The lowest BCUT2D eigenvalue weighted by Gasteiger charge is -2.30. The Hall–Kier alpha value is -1.85. The molecule has 0 amide bonds. The highest BCUT2D eigenvalue weighted by Crippen LogP contribution is 2.28. The Bertz CT molecular complexity index is 669. The Balaban J connectivity index is 1.45. The average Bonchev–Trinajstić information content (AvgIpc) is 2.87. The summed E-state index contributed by atoms with van der Waals surface area (Å²) in [5.41, 5.74) is 4.52. The highest BCUT2D eigenvalue weighted by Gasteiger charge is 2.25. The summed E-state index contributed by atoms with van der Waals surface area (Å²) in [6.45, 7) is 3.84. The molecule has 0 aliphatic carbocycles. The minimum Gasteiger partial charge on any atom is -0.493 e. The van der Waals surface area contributed by atoms with E-state index in [0.29, 0.717) is 5.92 Å². The SMILES string of the molecule is OCc1n[nH]c2c1CN(C[C@@H]1CCOc3ccccc3C1)CC2. The molecule has 1 aromatic heterocycles. The van der Waals surface area contributed by atoms with Crippen LogP contribution < -0.4 is 4.74 Å². The molecule has 2 aromatic rings. The topological polar surface area (TPSA) is 61.4 Å². The fourth-order valence-corrected chi connectivity index (χ4v) is 3.78. The summed E-state index contributed by atoms with van der Waals surface area (Å²) in [4.78, 5) is 2.50. The molecular formula is C18H23N3O2. The Kier molecular flexibility index (Phi) is 4.06. The Morgan fingerprint density at radius 3 is 3.17 bits per heavy atom. The number of aliphatic hydroxyl groups excluding tert-OH is 1. The van der Waals surface area contributed by atoms with Crippen LogP contribution in [-0.2, 0) is 26.0 Å². The number of hydrogen-bond acceptors (Lipinski definition) is 4. The van der Waals surface area contributed by atoms with Gasteiger partial charge in [0.1, 0.15) is 5.75 Å². The smallest absolute Gasteiger partial charge is 0.122 e. The molecule has 0 bridgehead atoms. The molecule has 2 aliphatic rings. The van der Waals surface area contributed by atoms with Crippen LogP contribution in [0.15, 0.2) is 24.3 Å². The lowest BCUT2D eigenvalue weighted by Crippen LogP contribution is -2.35. The molecule has 0 saturated carbocycles. The molecule has 4 rings (SSSR count). The van der Waals surface area contributed by atoms with Gasteiger partial charge in [0, 0.05) is 37.3 Å². The number of nitrogens with zero attached hydrogens (tertiary/aromatic N) is 2. The van der Waals surface area contributed by atoms with Gasteiger partial charge in [-0.15, -0.1) is 0 Å². The van der Waals surface area contributed by atoms with Gasteiger partial charge >= 0.3 is 0 Å². The molecule has 2 aliphatic heterocycles. The second-order valence-electron chi connectivity index (χ2n) is 6.59. The summed E-state index contributed by atoms with van der Waals surface area (Å²) in [5, 5.41) is 16.7. The second-order valence-corrected chi connectivity index (χ2v) is 6.59. The number of rotatable bonds is 3. The molecule has 2 N–H and O–H groups in total. The van der Waals surface area contributed by atoms with Crippen molar-refractivity contribution in [2.45, 2.75) is 32.4 Å². The molecular weight excluding hydrogens is 290 g/mol. The van der Waals surface area contributed by atoms with Crippen LogP contribution >= 0.6 is 0 Å². The fraction of sp³-hybridized carbons (Fsp3) is 0.500. The van der Waals surface area contributed by atoms with Crippen LogP contribution in [0.1, 0.15) is 28.9 Å². The number of aliphatic hydroxyl groups is 1. The molecule has 1 aromatic carbocycles. The standard InChI is InChI=1S/C18H23N3O2/c22-12-17-15-11-21(7-5-16(15)19-20-17)10-13-6-8-23-18-4-2-1-3-14(18)9-13/h1-4,13,22H,5-12H2,(H,19,20)/t13-/m1/s1. The predicted octanol–water partition coefficient (Wildman–Crippen LogP) is 1.90. The first-order chi connectivity index (χ1) is 11.3. The van der Waals surface area contributed by atoms with Crippen molar-refractivity contribution < 1.29 is 9.84 Å². The molecule has 1 atom stereocenters. The molecule has 5 nitrogen and oxygen atoms in total. The van der Waals surface area contributed by atoms with Gasteiger partial charge in [-0.1, -0.05) is 18.2 Å². The van der Waals surface area contributed by atoms with Crippen LogP contribution in [0, 0.1) is 5.92 Å². The van der Waals surface area contributed by atoms with Crippen molar-refractivity contribution in [3.63, 3.8) is 0 Å². The molecule has 0 fully saturated rings. The number of ether oxygens (including phenoxy) is 1. The largest absolute Gasteiger partial charge is 0.493 e. The number of aromatic nitrogens is 2. The maximum atomic E-state index is 9.42. The summed E-state index contributed by atoms with van der Waals surface area (Å²) in [7, 11) is 0. The van der Waals surface area contributed by atoms with E-state index in [9.17, 15) is 5.11 Å². The van der Waals surface area contributed by atoms with Gasteiger partial charge in [0.2, 0.25) is 0 Å². The summed E-state index contributed by atoms with van der Waals surface area (Å²) in [6.07, 6.45) is 3.16. The third-order valence-corrected chi connectivity index (χ3v) is 5.03. The fourth-order valence-electron chi connectivity index (χ4n) is 3.78. The van der Waals surface area contributed by atoms with Crippen molar-refractivity contribution in [2.24, 2.45) is 5.92 Å². The Labute approximate surface area is 136 Å². The van der Waals surface area contributed by atoms with Gasteiger partial charge < -0.3 is 9.84 Å². The minimum atomic E-state index is 0.0182. The first kappa shape index (κ1) is 14.7. The van der Waals surface area contributed by atoms with E-state index in [4.69, 9.17) is 4.74 Å². The molecule has 3 heterocycles. The van der Waals surface area contributed by atoms with E-state index in [1.54, 1.807) is 0 Å². The Morgan fingerprint density at radius 2 is 2.26 bits per heavy atom. The van der Waals surface area contributed by atoms with E-state index in [2.05, 4.69) is 33.3 Å². The monoisotopic (exact) mass is 313 g/mol. The first-order valence-corrected chi connectivity index (χ1v) is 8.42. The van der Waals surface area contributed by atoms with E-state index in [0.717, 1.165) is 56.9 Å². The second kappa shape index (κ2) is 6.34. The Morgan fingerprint density at radius 1 is 1.35 bits per heavy atom. The van der Waals surface area contributed by atoms with E-state index in [1.807, 2.05) is 6.07 Å². The van der Waals surface area contributed by atoms with Crippen molar-refractivity contribution in [2.75, 3.05) is 19.7 Å². The highest BCUT2D eigenvalue weighted by molar-refractivity contribution is 5.34. The van der Waals surface area contributed by atoms with Gasteiger partial charge in [-0.3, -0.25) is 10.00 Å². The predicted molar refractivity (Wildman–Crippen MR) is 87.2 cm³/mol. The van der Waals surface area contributed by atoms with Gasteiger partial charge in [0.05, 0.1) is 18.9 Å². The number of fused-ring (bicyclic) bond motifs is 2. The maximum Gasteiger partial charge on any atom is 0.122 e. The minimum absolute atomic E-state index is 0.0182. The van der Waals surface area contributed by atoms with Gasteiger partial charge in [0.25, 0.3) is 0 Å². The molecule has 0 radical (unpaired) electrons. The van der Waals surface area contributed by atoms with Gasteiger partial charge in [-0.25, -0.2) is 0 Å². The zero-order valence-corrected chi connectivity index (χ0v) is 13.3. The zero-order valence-electron chi connectivity index (χ0n) is 13.3. The summed E-state index contributed by atoms with van der Waals surface area (Å²) in [5.74, 6) is 1.66. The van der Waals surface area contributed by atoms with Crippen LogP contribution in [-0.4, -0.2) is 39.9 Å². The van der Waals surface area contributed by atoms with Crippen molar-refractivity contribution in [3.8, 4) is 5.75 Å². The number of nitrogens with one attached hydrogen (secondary N) is 1. The van der Waals surface area contributed by atoms with E-state index < -0.39 is 0 Å². The van der Waals surface area contributed by atoms with Crippen molar-refractivity contribution in [1.29, 1.82) is 0 Å². The molecule has 23 heavy (non-hydrogen) atoms. The maximum absolute atomic E-state index is 9.42. The lowest BCUT2D eigenvalue weighted by molar-refractivity contribution is 0.193. The number of hydrogen-bond donors (Lipinski definition) is 2. The van der Waals surface area contributed by atoms with E-state index in [1.165, 1.54) is 16.8 Å². The van der Waals surface area contributed by atoms with Gasteiger partial charge in [0.15, 0.2) is 0 Å². The third-order valence-electron chi connectivity index (χ3n) is 5.03. The highest BCUT2D eigenvalue weighted by atomic mass is 16.5. The summed E-state index contributed by atoms with van der Waals surface area (Å²) >= 11 is 0. The van der Waals surface area contributed by atoms with E-state index >= 15 is 0 Å². The van der Waals surface area contributed by atoms with Crippen LogP contribution in [0.2, 0.25) is 0 Å². The van der Waals surface area contributed by atoms with E-state index in [-0.39, 0.29) is 6.61 Å². The molecule has 0 saturated heterocycles. The van der Waals surface area contributed by atoms with Crippen LogP contribution in [0.5, 0.6) is 5.75 Å². The quantitative estimate of drug-likeness (QED) is 0.908. The van der Waals surface area contributed by atoms with Crippen molar-refractivity contribution >= 4 is 0 Å². The molecule has 122 valence electrons. The first-order valence-electron chi connectivity index (χ1n) is 8.42. The lowest BCUT2D eigenvalue weighted by atomic mass is 9.95. The molecule has 0 unspecified atom stereocenters. The summed E-state index contributed by atoms with van der Waals surface area (Å²) in [6, 6.07) is 8.39. The van der Waals surface area contributed by atoms with Crippen LogP contribution in [0.25, 0.3) is 0 Å². The van der Waals surface area contributed by atoms with Crippen molar-refractivity contribution in [3.05, 3.63) is 46.8 Å². The van der Waals surface area contributed by atoms with Crippen molar-refractivity contribution in [1.82, 2.24) is 15.1 Å². The van der Waals surface area contributed by atoms with Gasteiger partial charge in [-0.2, -0.15) is 5.10 Å². The van der Waals surface area contributed by atoms with Crippen LogP contribution in [0.4, 0.5) is 0 Å². The molecule has 5 heteroatoms. The molecule has 0 spiro atoms. The number of para-hydroxylation sites is 1. The van der Waals surface area contributed by atoms with Gasteiger partial charge in [-0.05, 0) is 30.4 Å². The third kappa shape index (κ3) is 2.99. The number of benzene rings is 1. The normalized spacial score (nSPS) is 21.2. The number of aromatic amines is 1. The van der Waals surface area contributed by atoms with Crippen LogP contribution in [0.3, 0.4) is 0 Å². The summed E-state index contributed by atoms with van der Waals surface area (Å²) < 4.78 is 5.88. The zero-order chi connectivity index (χ0) is 15.6.